The SMILES string of the molecule is O=C(NC1CCN(C2CC2)CC1)N1CCC(OCCc2ccccc2)CC1. The number of nitrogens with zero attached hydrogens (tertiary/aromatic N) is 2. The lowest BCUT2D eigenvalue weighted by molar-refractivity contribution is 0.0160. The van der Waals surface area contributed by atoms with Crippen LogP contribution in [0.15, 0.2) is 30.3 Å². The second kappa shape index (κ2) is 9.07. The van der Waals surface area contributed by atoms with Gasteiger partial charge in [-0.3, -0.25) is 0 Å². The fraction of sp³-hybridized carbons (Fsp3) is 0.682. The van der Waals surface area contributed by atoms with E-state index in [1.165, 1.54) is 18.4 Å². The van der Waals surface area contributed by atoms with E-state index in [2.05, 4.69) is 34.5 Å². The maximum atomic E-state index is 12.6. The number of rotatable bonds is 6. The molecule has 0 bridgehead atoms. The van der Waals surface area contributed by atoms with E-state index in [0.717, 1.165) is 70.9 Å². The number of hydrogen-bond donors (Lipinski definition) is 1. The summed E-state index contributed by atoms with van der Waals surface area (Å²) in [5, 5.41) is 3.27. The van der Waals surface area contributed by atoms with Gasteiger partial charge in [-0.2, -0.15) is 0 Å². The Labute approximate surface area is 163 Å². The van der Waals surface area contributed by atoms with Crippen LogP contribution < -0.4 is 5.32 Å². The standard InChI is InChI=1S/C22H33N3O2/c26-22(23-19-8-13-24(14-9-19)20-6-7-20)25-15-10-21(11-16-25)27-17-12-18-4-2-1-3-5-18/h1-5,19-21H,6-17H2,(H,23,26). The molecule has 1 saturated carbocycles. The molecule has 4 rings (SSSR count). The van der Waals surface area contributed by atoms with Crippen LogP contribution in [0.3, 0.4) is 0 Å². The van der Waals surface area contributed by atoms with Crippen molar-refractivity contribution in [2.45, 2.75) is 63.1 Å². The van der Waals surface area contributed by atoms with Crippen molar-refractivity contribution in [1.29, 1.82) is 0 Å². The summed E-state index contributed by atoms with van der Waals surface area (Å²) in [5.41, 5.74) is 1.32. The van der Waals surface area contributed by atoms with Crippen molar-refractivity contribution < 1.29 is 9.53 Å². The summed E-state index contributed by atoms with van der Waals surface area (Å²) in [7, 11) is 0. The number of piperidine rings is 2. The summed E-state index contributed by atoms with van der Waals surface area (Å²) in [6.45, 7) is 4.67. The van der Waals surface area contributed by atoms with Crippen molar-refractivity contribution in [2.24, 2.45) is 0 Å². The summed E-state index contributed by atoms with van der Waals surface area (Å²) >= 11 is 0. The van der Waals surface area contributed by atoms with Crippen LogP contribution in [0.25, 0.3) is 0 Å². The number of ether oxygens (including phenoxy) is 1. The highest BCUT2D eigenvalue weighted by Crippen LogP contribution is 2.29. The van der Waals surface area contributed by atoms with Gasteiger partial charge in [0.25, 0.3) is 0 Å². The van der Waals surface area contributed by atoms with Crippen LogP contribution in [0, 0.1) is 0 Å². The Hall–Kier alpha value is -1.59. The highest BCUT2D eigenvalue weighted by molar-refractivity contribution is 5.74. The predicted octanol–water partition coefficient (Wildman–Crippen LogP) is 3.05. The molecule has 5 heteroatoms. The Morgan fingerprint density at radius 3 is 2.33 bits per heavy atom. The predicted molar refractivity (Wildman–Crippen MR) is 107 cm³/mol. The highest BCUT2D eigenvalue weighted by atomic mass is 16.5. The van der Waals surface area contributed by atoms with Crippen LogP contribution in [-0.4, -0.2) is 66.8 Å². The van der Waals surface area contributed by atoms with Crippen molar-refractivity contribution in [2.75, 3.05) is 32.8 Å². The van der Waals surface area contributed by atoms with Gasteiger partial charge in [-0.15, -0.1) is 0 Å². The molecule has 0 aromatic heterocycles. The van der Waals surface area contributed by atoms with Gasteiger partial charge in [0.05, 0.1) is 12.7 Å². The van der Waals surface area contributed by atoms with Gasteiger partial charge < -0.3 is 19.9 Å². The molecule has 0 unspecified atom stereocenters. The second-order valence-electron chi connectivity index (χ2n) is 8.28. The van der Waals surface area contributed by atoms with Gasteiger partial charge in [-0.25, -0.2) is 4.79 Å². The van der Waals surface area contributed by atoms with Crippen molar-refractivity contribution >= 4 is 6.03 Å². The minimum atomic E-state index is 0.127. The molecule has 148 valence electrons. The number of likely N-dealkylation sites (tertiary alicyclic amines) is 2. The maximum absolute atomic E-state index is 12.6. The first-order chi connectivity index (χ1) is 13.3. The van der Waals surface area contributed by atoms with Crippen molar-refractivity contribution in [3.05, 3.63) is 35.9 Å². The minimum Gasteiger partial charge on any atom is -0.378 e. The minimum absolute atomic E-state index is 0.127. The molecule has 1 aromatic carbocycles. The van der Waals surface area contributed by atoms with Gasteiger partial charge in [0, 0.05) is 38.3 Å². The molecule has 0 radical (unpaired) electrons. The summed E-state index contributed by atoms with van der Waals surface area (Å²) in [6.07, 6.45) is 8.09. The van der Waals surface area contributed by atoms with E-state index in [-0.39, 0.29) is 6.03 Å². The lowest BCUT2D eigenvalue weighted by Crippen LogP contribution is -2.51. The Balaban J connectivity index is 1.11. The fourth-order valence-electron chi connectivity index (χ4n) is 4.33. The first kappa shape index (κ1) is 18.8. The van der Waals surface area contributed by atoms with Gasteiger partial charge in [0.2, 0.25) is 0 Å². The first-order valence-corrected chi connectivity index (χ1v) is 10.7. The van der Waals surface area contributed by atoms with E-state index in [1.807, 2.05) is 11.0 Å². The fourth-order valence-corrected chi connectivity index (χ4v) is 4.33. The molecule has 2 aliphatic heterocycles. The van der Waals surface area contributed by atoms with E-state index in [9.17, 15) is 4.79 Å². The van der Waals surface area contributed by atoms with Crippen molar-refractivity contribution in [3.8, 4) is 0 Å². The molecule has 2 saturated heterocycles. The van der Waals surface area contributed by atoms with E-state index in [4.69, 9.17) is 4.74 Å². The van der Waals surface area contributed by atoms with Gasteiger partial charge in [-0.1, -0.05) is 30.3 Å². The van der Waals surface area contributed by atoms with Crippen LogP contribution in [0.1, 0.15) is 44.1 Å². The molecule has 0 spiro atoms. The molecule has 1 aliphatic carbocycles. The normalized spacial score (nSPS) is 22.7. The van der Waals surface area contributed by atoms with E-state index in [1.54, 1.807) is 0 Å². The summed E-state index contributed by atoms with van der Waals surface area (Å²) in [4.78, 5) is 17.1. The Bertz CT molecular complexity index is 589. The average molecular weight is 372 g/mol. The van der Waals surface area contributed by atoms with Crippen molar-refractivity contribution in [1.82, 2.24) is 15.1 Å². The van der Waals surface area contributed by atoms with Crippen LogP contribution in [0.2, 0.25) is 0 Å². The van der Waals surface area contributed by atoms with Gasteiger partial charge >= 0.3 is 6.03 Å². The summed E-state index contributed by atoms with van der Waals surface area (Å²) in [5.74, 6) is 0. The molecule has 2 heterocycles. The highest BCUT2D eigenvalue weighted by Gasteiger charge is 2.32. The van der Waals surface area contributed by atoms with Gasteiger partial charge in [-0.05, 0) is 50.5 Å². The van der Waals surface area contributed by atoms with Gasteiger partial charge in [0.15, 0.2) is 0 Å². The third kappa shape index (κ3) is 5.45. The van der Waals surface area contributed by atoms with Crippen LogP contribution in [-0.2, 0) is 11.2 Å². The Morgan fingerprint density at radius 2 is 1.67 bits per heavy atom. The van der Waals surface area contributed by atoms with Gasteiger partial charge in [0.1, 0.15) is 0 Å². The first-order valence-electron chi connectivity index (χ1n) is 10.7. The molecule has 5 nitrogen and oxygen atoms in total. The van der Waals surface area contributed by atoms with Crippen molar-refractivity contribution in [3.63, 3.8) is 0 Å². The van der Waals surface area contributed by atoms with Crippen LogP contribution in [0.4, 0.5) is 4.79 Å². The number of benzene rings is 1. The number of amides is 2. The monoisotopic (exact) mass is 371 g/mol. The quantitative estimate of drug-likeness (QED) is 0.836. The summed E-state index contributed by atoms with van der Waals surface area (Å²) in [6, 6.07) is 11.8. The zero-order valence-corrected chi connectivity index (χ0v) is 16.3. The number of hydrogen-bond acceptors (Lipinski definition) is 3. The molecule has 27 heavy (non-hydrogen) atoms. The molecule has 2 amide bonds. The van der Waals surface area contributed by atoms with E-state index >= 15 is 0 Å². The molecule has 1 aromatic rings. The third-order valence-electron chi connectivity index (χ3n) is 6.24. The summed E-state index contributed by atoms with van der Waals surface area (Å²) < 4.78 is 6.04. The zero-order chi connectivity index (χ0) is 18.5. The maximum Gasteiger partial charge on any atom is 0.317 e. The third-order valence-corrected chi connectivity index (χ3v) is 6.24. The number of nitrogens with one attached hydrogen (secondary N) is 1. The topological polar surface area (TPSA) is 44.8 Å². The molecule has 1 N–H and O–H groups in total. The largest absolute Gasteiger partial charge is 0.378 e. The Morgan fingerprint density at radius 1 is 0.963 bits per heavy atom. The smallest absolute Gasteiger partial charge is 0.317 e. The number of urea groups is 1. The lowest BCUT2D eigenvalue weighted by Gasteiger charge is -2.36. The average Bonchev–Trinajstić information content (AvgIpc) is 3.55. The molecular weight excluding hydrogens is 338 g/mol. The van der Waals surface area contributed by atoms with Crippen LogP contribution >= 0.6 is 0 Å². The zero-order valence-electron chi connectivity index (χ0n) is 16.3. The second-order valence-corrected chi connectivity index (χ2v) is 8.28. The molecule has 0 atom stereocenters. The number of carbonyl (C=O) groups is 1. The van der Waals surface area contributed by atoms with Crippen LogP contribution in [0.5, 0.6) is 0 Å². The van der Waals surface area contributed by atoms with E-state index in [0.29, 0.717) is 12.1 Å². The number of carbonyl (C=O) groups excluding carboxylic acids is 1. The molecule has 3 fully saturated rings. The molecular formula is C22H33N3O2. The van der Waals surface area contributed by atoms with E-state index < -0.39 is 0 Å². The lowest BCUT2D eigenvalue weighted by atomic mass is 10.0. The molecule has 3 aliphatic rings. The Kier molecular flexibility index (Phi) is 6.30.